The summed E-state index contributed by atoms with van der Waals surface area (Å²) in [5, 5.41) is 1.46. The number of rotatable bonds is 2. The van der Waals surface area contributed by atoms with Gasteiger partial charge in [0.1, 0.15) is 5.82 Å². The zero-order valence-corrected chi connectivity index (χ0v) is 11.5. The SMILES string of the molecule is Cc1c(Cl)ccc2c(C=O)c(-c3ccc(F)cc3)[nH]c12. The maximum Gasteiger partial charge on any atom is 0.152 e. The Hall–Kier alpha value is -2.13. The summed E-state index contributed by atoms with van der Waals surface area (Å²) in [5.74, 6) is -0.309. The Morgan fingerprint density at radius 3 is 2.50 bits per heavy atom. The van der Waals surface area contributed by atoms with Crippen LogP contribution in [0.15, 0.2) is 36.4 Å². The molecule has 1 N–H and O–H groups in total. The molecule has 0 fully saturated rings. The summed E-state index contributed by atoms with van der Waals surface area (Å²) in [7, 11) is 0. The van der Waals surface area contributed by atoms with Gasteiger partial charge in [0, 0.05) is 16.0 Å². The number of aryl methyl sites for hydroxylation is 1. The summed E-state index contributed by atoms with van der Waals surface area (Å²) >= 11 is 6.10. The second kappa shape index (κ2) is 4.76. The van der Waals surface area contributed by atoms with E-state index in [1.54, 1.807) is 18.2 Å². The number of aromatic nitrogens is 1. The number of benzene rings is 2. The minimum absolute atomic E-state index is 0.309. The van der Waals surface area contributed by atoms with E-state index in [1.165, 1.54) is 12.1 Å². The van der Waals surface area contributed by atoms with Gasteiger partial charge in [-0.3, -0.25) is 4.79 Å². The van der Waals surface area contributed by atoms with Crippen LogP contribution in [0.2, 0.25) is 5.02 Å². The highest BCUT2D eigenvalue weighted by atomic mass is 35.5. The Bertz CT molecular complexity index is 805. The Labute approximate surface area is 120 Å². The minimum atomic E-state index is -0.309. The van der Waals surface area contributed by atoms with Gasteiger partial charge in [-0.1, -0.05) is 17.7 Å². The first-order valence-electron chi connectivity index (χ1n) is 6.13. The predicted molar refractivity (Wildman–Crippen MR) is 78.8 cm³/mol. The molecular weight excluding hydrogens is 277 g/mol. The van der Waals surface area contributed by atoms with Crippen LogP contribution in [0.25, 0.3) is 22.2 Å². The number of nitrogens with one attached hydrogen (secondary N) is 1. The Morgan fingerprint density at radius 1 is 1.15 bits per heavy atom. The summed E-state index contributed by atoms with van der Waals surface area (Å²) in [4.78, 5) is 14.6. The molecule has 20 heavy (non-hydrogen) atoms. The van der Waals surface area contributed by atoms with Crippen molar-refractivity contribution in [2.24, 2.45) is 0 Å². The monoisotopic (exact) mass is 287 g/mol. The maximum absolute atomic E-state index is 13.0. The molecular formula is C16H11ClFNO. The van der Waals surface area contributed by atoms with Crippen LogP contribution in [-0.4, -0.2) is 11.3 Å². The van der Waals surface area contributed by atoms with Gasteiger partial charge in [0.05, 0.1) is 11.2 Å². The van der Waals surface area contributed by atoms with Gasteiger partial charge in [0.25, 0.3) is 0 Å². The molecule has 0 aliphatic carbocycles. The number of H-pyrrole nitrogens is 1. The molecule has 2 nitrogen and oxygen atoms in total. The van der Waals surface area contributed by atoms with Crippen LogP contribution in [0.4, 0.5) is 4.39 Å². The lowest BCUT2D eigenvalue weighted by atomic mass is 10.1. The van der Waals surface area contributed by atoms with Crippen LogP contribution < -0.4 is 0 Å². The second-order valence-corrected chi connectivity index (χ2v) is 5.04. The molecule has 3 rings (SSSR count). The molecule has 100 valence electrons. The van der Waals surface area contributed by atoms with Gasteiger partial charge in [0.15, 0.2) is 6.29 Å². The smallest absolute Gasteiger partial charge is 0.152 e. The number of hydrogen-bond acceptors (Lipinski definition) is 1. The standard InChI is InChI=1S/C16H11ClFNO/c1-9-14(17)7-6-12-13(8-20)16(19-15(9)12)10-2-4-11(18)5-3-10/h2-8,19H,1H3. The van der Waals surface area contributed by atoms with Crippen molar-refractivity contribution in [1.82, 2.24) is 4.98 Å². The maximum atomic E-state index is 13.0. The van der Waals surface area contributed by atoms with Crippen molar-refractivity contribution in [3.8, 4) is 11.3 Å². The van der Waals surface area contributed by atoms with Crippen LogP contribution >= 0.6 is 11.6 Å². The first-order valence-corrected chi connectivity index (χ1v) is 6.51. The van der Waals surface area contributed by atoms with E-state index in [-0.39, 0.29) is 5.82 Å². The largest absolute Gasteiger partial charge is 0.354 e. The highest BCUT2D eigenvalue weighted by Crippen LogP contribution is 2.33. The molecule has 0 unspecified atom stereocenters. The van der Waals surface area contributed by atoms with E-state index in [4.69, 9.17) is 11.6 Å². The van der Waals surface area contributed by atoms with Crippen molar-refractivity contribution in [2.45, 2.75) is 6.92 Å². The Morgan fingerprint density at radius 2 is 1.85 bits per heavy atom. The molecule has 0 saturated heterocycles. The normalized spacial score (nSPS) is 10.9. The van der Waals surface area contributed by atoms with E-state index < -0.39 is 0 Å². The number of carbonyl (C=O) groups excluding carboxylic acids is 1. The number of aromatic amines is 1. The Kier molecular flexibility index (Phi) is 3.07. The molecule has 1 aromatic heterocycles. The first-order chi connectivity index (χ1) is 9.61. The van der Waals surface area contributed by atoms with E-state index in [9.17, 15) is 9.18 Å². The third-order valence-corrected chi connectivity index (χ3v) is 3.87. The van der Waals surface area contributed by atoms with Crippen molar-refractivity contribution in [3.63, 3.8) is 0 Å². The van der Waals surface area contributed by atoms with E-state index >= 15 is 0 Å². The average molecular weight is 288 g/mol. The number of carbonyl (C=O) groups is 1. The van der Waals surface area contributed by atoms with Crippen molar-refractivity contribution in [2.75, 3.05) is 0 Å². The number of fused-ring (bicyclic) bond motifs is 1. The first kappa shape index (κ1) is 12.9. The van der Waals surface area contributed by atoms with Crippen molar-refractivity contribution < 1.29 is 9.18 Å². The summed E-state index contributed by atoms with van der Waals surface area (Å²) in [6, 6.07) is 9.62. The average Bonchev–Trinajstić information content (AvgIpc) is 2.83. The molecule has 4 heteroatoms. The summed E-state index contributed by atoms with van der Waals surface area (Å²) < 4.78 is 13.0. The molecule has 1 heterocycles. The fourth-order valence-electron chi connectivity index (χ4n) is 2.37. The van der Waals surface area contributed by atoms with Gasteiger partial charge in [-0.15, -0.1) is 0 Å². The summed E-state index contributed by atoms with van der Waals surface area (Å²) in [5.41, 5.74) is 3.73. The van der Waals surface area contributed by atoms with E-state index in [1.807, 2.05) is 13.0 Å². The van der Waals surface area contributed by atoms with E-state index in [2.05, 4.69) is 4.98 Å². The minimum Gasteiger partial charge on any atom is -0.354 e. The van der Waals surface area contributed by atoms with Gasteiger partial charge in [-0.2, -0.15) is 0 Å². The lowest BCUT2D eigenvalue weighted by Gasteiger charge is -1.99. The van der Waals surface area contributed by atoms with Crippen LogP contribution in [0.1, 0.15) is 15.9 Å². The zero-order valence-electron chi connectivity index (χ0n) is 10.7. The van der Waals surface area contributed by atoms with Gasteiger partial charge in [-0.25, -0.2) is 4.39 Å². The molecule has 0 atom stereocenters. The zero-order chi connectivity index (χ0) is 14.3. The van der Waals surface area contributed by atoms with Gasteiger partial charge < -0.3 is 4.98 Å². The predicted octanol–water partition coefficient (Wildman–Crippen LogP) is 4.75. The lowest BCUT2D eigenvalue weighted by molar-refractivity contribution is 0.112. The van der Waals surface area contributed by atoms with Gasteiger partial charge in [0.2, 0.25) is 0 Å². The summed E-state index contributed by atoms with van der Waals surface area (Å²) in [6.07, 6.45) is 0.810. The second-order valence-electron chi connectivity index (χ2n) is 4.63. The Balaban J connectivity index is 2.33. The topological polar surface area (TPSA) is 32.9 Å². The van der Waals surface area contributed by atoms with Crippen LogP contribution in [0.3, 0.4) is 0 Å². The molecule has 3 aromatic rings. The van der Waals surface area contributed by atoms with E-state index in [0.29, 0.717) is 16.3 Å². The van der Waals surface area contributed by atoms with Gasteiger partial charge in [-0.05, 0) is 48.4 Å². The molecule has 0 radical (unpaired) electrons. The quantitative estimate of drug-likeness (QED) is 0.678. The van der Waals surface area contributed by atoms with Crippen LogP contribution in [0.5, 0.6) is 0 Å². The number of hydrogen-bond donors (Lipinski definition) is 1. The van der Waals surface area contributed by atoms with E-state index in [0.717, 1.165) is 28.3 Å². The van der Waals surface area contributed by atoms with Crippen LogP contribution in [-0.2, 0) is 0 Å². The third kappa shape index (κ3) is 1.91. The van der Waals surface area contributed by atoms with Gasteiger partial charge >= 0.3 is 0 Å². The summed E-state index contributed by atoms with van der Waals surface area (Å²) in [6.45, 7) is 1.89. The van der Waals surface area contributed by atoms with Crippen molar-refractivity contribution >= 4 is 28.8 Å². The highest BCUT2D eigenvalue weighted by Gasteiger charge is 2.15. The molecule has 0 spiro atoms. The molecule has 2 aromatic carbocycles. The van der Waals surface area contributed by atoms with Crippen molar-refractivity contribution in [3.05, 3.63) is 58.4 Å². The highest BCUT2D eigenvalue weighted by molar-refractivity contribution is 6.32. The lowest BCUT2D eigenvalue weighted by Crippen LogP contribution is -1.84. The molecule has 0 aliphatic rings. The molecule has 0 bridgehead atoms. The fourth-order valence-corrected chi connectivity index (χ4v) is 2.52. The molecule has 0 amide bonds. The fraction of sp³-hybridized carbons (Fsp3) is 0.0625. The number of aldehydes is 1. The molecule has 0 aliphatic heterocycles. The number of halogens is 2. The van der Waals surface area contributed by atoms with Crippen molar-refractivity contribution in [1.29, 1.82) is 0 Å². The third-order valence-electron chi connectivity index (χ3n) is 3.46. The van der Waals surface area contributed by atoms with Crippen LogP contribution in [0, 0.1) is 12.7 Å². The molecule has 0 saturated carbocycles.